The first-order valence-electron chi connectivity index (χ1n) is 6.43. The third-order valence-electron chi connectivity index (χ3n) is 3.25. The molecule has 3 N–H and O–H groups in total. The van der Waals surface area contributed by atoms with E-state index in [1.165, 1.54) is 11.1 Å². The zero-order chi connectivity index (χ0) is 14.7. The van der Waals surface area contributed by atoms with E-state index in [1.807, 2.05) is 18.2 Å². The number of ether oxygens (including phenoxy) is 1. The molecule has 2 rings (SSSR count). The van der Waals surface area contributed by atoms with Gasteiger partial charge in [-0.2, -0.15) is 0 Å². The summed E-state index contributed by atoms with van der Waals surface area (Å²) in [5.74, 6) is 6.57. The summed E-state index contributed by atoms with van der Waals surface area (Å²) in [6, 6.07) is 12.4. The van der Waals surface area contributed by atoms with Crippen molar-refractivity contribution >= 4 is 15.9 Å². The average molecular weight is 335 g/mol. The molecule has 0 amide bonds. The maximum Gasteiger partial charge on any atom is 0.133 e. The zero-order valence-electron chi connectivity index (χ0n) is 11.9. The molecule has 0 aliphatic carbocycles. The van der Waals surface area contributed by atoms with Crippen LogP contribution in [0.2, 0.25) is 0 Å². The number of rotatable bonds is 4. The summed E-state index contributed by atoms with van der Waals surface area (Å²) < 4.78 is 6.18. The molecule has 1 unspecified atom stereocenters. The molecule has 4 heteroatoms. The maximum absolute atomic E-state index is 5.76. The smallest absolute Gasteiger partial charge is 0.133 e. The Kier molecular flexibility index (Phi) is 4.81. The highest BCUT2D eigenvalue weighted by Gasteiger charge is 2.14. The van der Waals surface area contributed by atoms with E-state index in [-0.39, 0.29) is 6.04 Å². The number of aryl methyl sites for hydroxylation is 2. The lowest BCUT2D eigenvalue weighted by Gasteiger charge is -2.19. The van der Waals surface area contributed by atoms with Gasteiger partial charge in [0.15, 0.2) is 0 Å². The summed E-state index contributed by atoms with van der Waals surface area (Å²) in [6.45, 7) is 4.18. The fraction of sp³-hybridized carbons (Fsp3) is 0.250. The predicted octanol–water partition coefficient (Wildman–Crippen LogP) is 3.63. The minimum absolute atomic E-state index is 0.0455. The van der Waals surface area contributed by atoms with Gasteiger partial charge in [-0.1, -0.05) is 35.4 Å². The van der Waals surface area contributed by atoms with Crippen LogP contribution in [0.5, 0.6) is 5.75 Å². The normalized spacial score (nSPS) is 12.2. The lowest BCUT2D eigenvalue weighted by Crippen LogP contribution is -2.29. The van der Waals surface area contributed by atoms with E-state index in [0.29, 0.717) is 0 Å². The summed E-state index contributed by atoms with van der Waals surface area (Å²) in [6.07, 6.45) is 0. The van der Waals surface area contributed by atoms with Crippen molar-refractivity contribution in [2.24, 2.45) is 5.84 Å². The van der Waals surface area contributed by atoms with Crippen LogP contribution in [0, 0.1) is 13.8 Å². The number of benzene rings is 2. The van der Waals surface area contributed by atoms with Gasteiger partial charge in [0, 0.05) is 0 Å². The first-order valence-corrected chi connectivity index (χ1v) is 7.22. The van der Waals surface area contributed by atoms with E-state index in [2.05, 4.69) is 53.4 Å². The Hall–Kier alpha value is -1.36. The quantitative estimate of drug-likeness (QED) is 0.663. The van der Waals surface area contributed by atoms with Crippen LogP contribution < -0.4 is 16.0 Å². The van der Waals surface area contributed by atoms with Crippen LogP contribution in [0.1, 0.15) is 28.3 Å². The minimum atomic E-state index is -0.0455. The van der Waals surface area contributed by atoms with Crippen LogP contribution in [0.3, 0.4) is 0 Å². The van der Waals surface area contributed by atoms with Gasteiger partial charge in [0.2, 0.25) is 0 Å². The third kappa shape index (κ3) is 3.20. The molecule has 106 valence electrons. The van der Waals surface area contributed by atoms with E-state index in [0.717, 1.165) is 21.3 Å². The van der Waals surface area contributed by atoms with Gasteiger partial charge in [0.05, 0.1) is 17.6 Å². The Bertz CT molecular complexity index is 593. The van der Waals surface area contributed by atoms with Crippen molar-refractivity contribution in [2.75, 3.05) is 7.11 Å². The SMILES string of the molecule is COc1ccc(C(NN)c2cc(C)cc(C)c2)cc1Br. The molecule has 2 aromatic rings. The first-order chi connectivity index (χ1) is 9.55. The summed E-state index contributed by atoms with van der Waals surface area (Å²) >= 11 is 3.51. The lowest BCUT2D eigenvalue weighted by molar-refractivity contribution is 0.411. The fourth-order valence-electron chi connectivity index (χ4n) is 2.42. The second-order valence-electron chi connectivity index (χ2n) is 4.91. The number of hydrogen-bond donors (Lipinski definition) is 2. The van der Waals surface area contributed by atoms with Gasteiger partial charge in [-0.3, -0.25) is 5.84 Å². The van der Waals surface area contributed by atoms with Gasteiger partial charge < -0.3 is 4.74 Å². The fourth-order valence-corrected chi connectivity index (χ4v) is 2.98. The van der Waals surface area contributed by atoms with Gasteiger partial charge in [0.1, 0.15) is 5.75 Å². The largest absolute Gasteiger partial charge is 0.496 e. The average Bonchev–Trinajstić information content (AvgIpc) is 2.38. The Labute approximate surface area is 128 Å². The summed E-state index contributed by atoms with van der Waals surface area (Å²) in [5.41, 5.74) is 7.59. The van der Waals surface area contributed by atoms with Crippen molar-refractivity contribution in [2.45, 2.75) is 19.9 Å². The molecule has 0 radical (unpaired) electrons. The molecule has 0 heterocycles. The molecular formula is C16H19BrN2O. The summed E-state index contributed by atoms with van der Waals surface area (Å²) in [5, 5.41) is 0. The molecule has 0 aromatic heterocycles. The van der Waals surface area contributed by atoms with Crippen LogP contribution in [-0.2, 0) is 0 Å². The van der Waals surface area contributed by atoms with Crippen molar-refractivity contribution in [3.63, 3.8) is 0 Å². The van der Waals surface area contributed by atoms with Crippen molar-refractivity contribution in [1.82, 2.24) is 5.43 Å². The molecule has 0 saturated heterocycles. The summed E-state index contributed by atoms with van der Waals surface area (Å²) in [7, 11) is 1.66. The van der Waals surface area contributed by atoms with Crippen molar-refractivity contribution in [3.05, 3.63) is 63.1 Å². The second-order valence-corrected chi connectivity index (χ2v) is 5.77. The molecule has 0 bridgehead atoms. The van der Waals surface area contributed by atoms with Crippen molar-refractivity contribution < 1.29 is 4.74 Å². The topological polar surface area (TPSA) is 47.3 Å². The minimum Gasteiger partial charge on any atom is -0.496 e. The lowest BCUT2D eigenvalue weighted by atomic mass is 9.96. The highest BCUT2D eigenvalue weighted by atomic mass is 79.9. The highest BCUT2D eigenvalue weighted by molar-refractivity contribution is 9.10. The zero-order valence-corrected chi connectivity index (χ0v) is 13.5. The molecule has 2 aromatic carbocycles. The van der Waals surface area contributed by atoms with Crippen LogP contribution in [0.25, 0.3) is 0 Å². The van der Waals surface area contributed by atoms with Gasteiger partial charge in [-0.25, -0.2) is 5.43 Å². The molecule has 0 aliphatic rings. The van der Waals surface area contributed by atoms with E-state index in [1.54, 1.807) is 7.11 Å². The van der Waals surface area contributed by atoms with Crippen LogP contribution in [0.4, 0.5) is 0 Å². The number of hydrogen-bond acceptors (Lipinski definition) is 3. The monoisotopic (exact) mass is 334 g/mol. The summed E-state index contributed by atoms with van der Waals surface area (Å²) in [4.78, 5) is 0. The van der Waals surface area contributed by atoms with Gasteiger partial charge in [-0.15, -0.1) is 0 Å². The van der Waals surface area contributed by atoms with Crippen LogP contribution in [0.15, 0.2) is 40.9 Å². The van der Waals surface area contributed by atoms with Crippen LogP contribution >= 0.6 is 15.9 Å². The molecule has 0 spiro atoms. The number of nitrogens with one attached hydrogen (secondary N) is 1. The van der Waals surface area contributed by atoms with Crippen LogP contribution in [-0.4, -0.2) is 7.11 Å². The number of nitrogens with two attached hydrogens (primary N) is 1. The molecule has 20 heavy (non-hydrogen) atoms. The Morgan fingerprint density at radius 3 is 2.20 bits per heavy atom. The van der Waals surface area contributed by atoms with Crippen molar-refractivity contribution in [1.29, 1.82) is 0 Å². The maximum atomic E-state index is 5.76. The van der Waals surface area contributed by atoms with Gasteiger partial charge >= 0.3 is 0 Å². The molecular weight excluding hydrogens is 316 g/mol. The number of methoxy groups -OCH3 is 1. The Balaban J connectivity index is 2.44. The molecule has 0 fully saturated rings. The van der Waals surface area contributed by atoms with E-state index in [4.69, 9.17) is 10.6 Å². The Morgan fingerprint density at radius 2 is 1.70 bits per heavy atom. The standard InChI is InChI=1S/C16H19BrN2O/c1-10-6-11(2)8-13(7-10)16(19-18)12-4-5-15(20-3)14(17)9-12/h4-9,16,19H,18H2,1-3H3. The van der Waals surface area contributed by atoms with Gasteiger partial charge in [-0.05, 0) is 53.0 Å². The third-order valence-corrected chi connectivity index (χ3v) is 3.87. The number of halogens is 1. The Morgan fingerprint density at radius 1 is 1.05 bits per heavy atom. The van der Waals surface area contributed by atoms with E-state index in [9.17, 15) is 0 Å². The van der Waals surface area contributed by atoms with E-state index < -0.39 is 0 Å². The molecule has 0 saturated carbocycles. The number of hydrazine groups is 1. The highest BCUT2D eigenvalue weighted by Crippen LogP contribution is 2.30. The molecule has 1 atom stereocenters. The second kappa shape index (κ2) is 6.39. The predicted molar refractivity (Wildman–Crippen MR) is 85.8 cm³/mol. The van der Waals surface area contributed by atoms with Gasteiger partial charge in [0.25, 0.3) is 0 Å². The molecule has 3 nitrogen and oxygen atoms in total. The first kappa shape index (κ1) is 15.0. The molecule has 0 aliphatic heterocycles. The van der Waals surface area contributed by atoms with E-state index >= 15 is 0 Å². The van der Waals surface area contributed by atoms with Crippen molar-refractivity contribution in [3.8, 4) is 5.75 Å².